The molecule has 0 atom stereocenters. The number of fused-ring (bicyclic) bond motifs is 2. The highest BCUT2D eigenvalue weighted by Gasteiger charge is 2.18. The molecule has 1 aliphatic rings. The summed E-state index contributed by atoms with van der Waals surface area (Å²) in [6.45, 7) is 4.11. The van der Waals surface area contributed by atoms with Crippen LogP contribution in [0.5, 0.6) is 11.5 Å². The number of nitrogen functional groups attached to an aromatic ring is 1. The monoisotopic (exact) mass is 295 g/mol. The van der Waals surface area contributed by atoms with Crippen LogP contribution >= 0.6 is 0 Å². The first kappa shape index (κ1) is 13.0. The Morgan fingerprint density at radius 2 is 1.77 bits per heavy atom. The molecule has 2 N–H and O–H groups in total. The molecule has 0 bridgehead atoms. The summed E-state index contributed by atoms with van der Waals surface area (Å²) in [4.78, 5) is 4.78. The highest BCUT2D eigenvalue weighted by Crippen LogP contribution is 2.36. The third kappa shape index (κ3) is 1.97. The number of aryl methyl sites for hydroxylation is 1. The zero-order valence-electron chi connectivity index (χ0n) is 12.4. The third-order valence-corrected chi connectivity index (χ3v) is 3.90. The molecule has 1 aromatic heterocycles. The molecule has 0 amide bonds. The van der Waals surface area contributed by atoms with Crippen LogP contribution < -0.4 is 15.2 Å². The summed E-state index contributed by atoms with van der Waals surface area (Å²) in [5.41, 5.74) is 9.54. The van der Waals surface area contributed by atoms with Crippen molar-refractivity contribution in [2.75, 3.05) is 18.9 Å². The van der Waals surface area contributed by atoms with E-state index in [1.165, 1.54) is 0 Å². The van der Waals surface area contributed by atoms with Crippen molar-refractivity contribution < 1.29 is 9.47 Å². The van der Waals surface area contributed by atoms with E-state index < -0.39 is 0 Å². The fourth-order valence-corrected chi connectivity index (χ4v) is 2.83. The first-order valence-corrected chi connectivity index (χ1v) is 7.42. The number of hydrogen-bond acceptors (Lipinski definition) is 4. The highest BCUT2D eigenvalue weighted by atomic mass is 16.6. The van der Waals surface area contributed by atoms with E-state index in [0.29, 0.717) is 13.2 Å². The van der Waals surface area contributed by atoms with Crippen LogP contribution in [0.15, 0.2) is 36.4 Å². The molecule has 0 radical (unpaired) electrons. The van der Waals surface area contributed by atoms with Crippen molar-refractivity contribution in [1.29, 1.82) is 0 Å². The molecule has 112 valence electrons. The van der Waals surface area contributed by atoms with E-state index in [-0.39, 0.29) is 0 Å². The fraction of sp³-hybridized carbons (Fsp3) is 0.235. The second-order valence-electron chi connectivity index (χ2n) is 5.29. The van der Waals surface area contributed by atoms with Gasteiger partial charge in [-0.05, 0) is 31.2 Å². The second-order valence-corrected chi connectivity index (χ2v) is 5.29. The van der Waals surface area contributed by atoms with Crippen molar-refractivity contribution in [3.63, 3.8) is 0 Å². The van der Waals surface area contributed by atoms with Crippen molar-refractivity contribution in [2.24, 2.45) is 0 Å². The molecule has 3 aromatic rings. The second kappa shape index (κ2) is 4.94. The molecule has 0 spiro atoms. The van der Waals surface area contributed by atoms with Crippen LogP contribution in [-0.2, 0) is 6.54 Å². The van der Waals surface area contributed by atoms with Crippen molar-refractivity contribution in [2.45, 2.75) is 13.5 Å². The van der Waals surface area contributed by atoms with Crippen LogP contribution in [0.3, 0.4) is 0 Å². The SMILES string of the molecule is CCn1c(-c2ccc(N)cc2)nc2cc3c(cc21)OCCO3. The number of nitrogens with two attached hydrogens (primary N) is 1. The van der Waals surface area contributed by atoms with Crippen LogP contribution in [0.1, 0.15) is 6.92 Å². The van der Waals surface area contributed by atoms with Gasteiger partial charge in [-0.3, -0.25) is 0 Å². The molecular weight excluding hydrogens is 278 g/mol. The van der Waals surface area contributed by atoms with Crippen LogP contribution in [0.4, 0.5) is 5.69 Å². The van der Waals surface area contributed by atoms with Crippen LogP contribution in [0.2, 0.25) is 0 Å². The molecule has 0 aliphatic carbocycles. The minimum atomic E-state index is 0.581. The molecule has 5 nitrogen and oxygen atoms in total. The van der Waals surface area contributed by atoms with Gasteiger partial charge in [0.2, 0.25) is 0 Å². The molecule has 4 rings (SSSR count). The third-order valence-electron chi connectivity index (χ3n) is 3.90. The Kier molecular flexibility index (Phi) is 2.92. The van der Waals surface area contributed by atoms with E-state index >= 15 is 0 Å². The zero-order chi connectivity index (χ0) is 15.1. The quantitative estimate of drug-likeness (QED) is 0.738. The Balaban J connectivity index is 1.93. The largest absolute Gasteiger partial charge is 0.486 e. The van der Waals surface area contributed by atoms with Crippen LogP contribution in [0.25, 0.3) is 22.4 Å². The Morgan fingerprint density at radius 1 is 1.09 bits per heavy atom. The number of benzene rings is 2. The number of aromatic nitrogens is 2. The number of nitrogens with zero attached hydrogens (tertiary/aromatic N) is 2. The van der Waals surface area contributed by atoms with Crippen LogP contribution in [0, 0.1) is 0 Å². The number of imidazole rings is 1. The Labute approximate surface area is 128 Å². The van der Waals surface area contributed by atoms with Crippen molar-refractivity contribution in [3.8, 4) is 22.9 Å². The van der Waals surface area contributed by atoms with Gasteiger partial charge in [-0.2, -0.15) is 0 Å². The van der Waals surface area contributed by atoms with Gasteiger partial charge in [-0.15, -0.1) is 0 Å². The summed E-state index contributed by atoms with van der Waals surface area (Å²) in [5, 5.41) is 0. The highest BCUT2D eigenvalue weighted by molar-refractivity contribution is 5.84. The van der Waals surface area contributed by atoms with Crippen molar-refractivity contribution >= 4 is 16.7 Å². The molecule has 22 heavy (non-hydrogen) atoms. The van der Waals surface area contributed by atoms with Gasteiger partial charge in [0.05, 0.1) is 11.0 Å². The lowest BCUT2D eigenvalue weighted by Gasteiger charge is -2.18. The first-order valence-electron chi connectivity index (χ1n) is 7.42. The predicted molar refractivity (Wildman–Crippen MR) is 86.2 cm³/mol. The van der Waals surface area contributed by atoms with E-state index in [0.717, 1.165) is 46.2 Å². The van der Waals surface area contributed by atoms with E-state index in [1.807, 2.05) is 36.4 Å². The minimum absolute atomic E-state index is 0.581. The molecule has 0 fully saturated rings. The van der Waals surface area contributed by atoms with Gasteiger partial charge in [-0.25, -0.2) is 4.98 Å². The summed E-state index contributed by atoms with van der Waals surface area (Å²) in [7, 11) is 0. The molecule has 1 aliphatic heterocycles. The Bertz CT molecular complexity index is 837. The number of ether oxygens (including phenoxy) is 2. The molecule has 0 unspecified atom stereocenters. The summed E-state index contributed by atoms with van der Waals surface area (Å²) in [6, 6.07) is 11.8. The number of anilines is 1. The average molecular weight is 295 g/mol. The molecule has 0 saturated carbocycles. The molecule has 5 heteroatoms. The maximum atomic E-state index is 5.77. The van der Waals surface area contributed by atoms with E-state index in [9.17, 15) is 0 Å². The predicted octanol–water partition coefficient (Wildman–Crippen LogP) is 3.08. The van der Waals surface area contributed by atoms with Gasteiger partial charge in [0, 0.05) is 29.9 Å². The lowest BCUT2D eigenvalue weighted by molar-refractivity contribution is 0.172. The van der Waals surface area contributed by atoms with E-state index in [1.54, 1.807) is 0 Å². The summed E-state index contributed by atoms with van der Waals surface area (Å²) >= 11 is 0. The number of rotatable bonds is 2. The molecule has 2 aromatic carbocycles. The average Bonchev–Trinajstić information content (AvgIpc) is 2.90. The molecule has 2 heterocycles. The fourth-order valence-electron chi connectivity index (χ4n) is 2.83. The topological polar surface area (TPSA) is 62.3 Å². The Morgan fingerprint density at radius 3 is 2.45 bits per heavy atom. The standard InChI is InChI=1S/C17H17N3O2/c1-2-20-14-10-16-15(21-7-8-22-16)9-13(14)19-17(20)11-3-5-12(18)6-4-11/h3-6,9-10H,2,7-8,18H2,1H3. The van der Waals surface area contributed by atoms with E-state index in [4.69, 9.17) is 20.2 Å². The Hall–Kier alpha value is -2.69. The summed E-state index contributed by atoms with van der Waals surface area (Å²) in [5.74, 6) is 2.49. The van der Waals surface area contributed by atoms with Gasteiger partial charge in [-0.1, -0.05) is 0 Å². The van der Waals surface area contributed by atoms with E-state index in [2.05, 4.69) is 11.5 Å². The minimum Gasteiger partial charge on any atom is -0.486 e. The normalized spacial score (nSPS) is 13.5. The van der Waals surface area contributed by atoms with Crippen molar-refractivity contribution in [1.82, 2.24) is 9.55 Å². The first-order chi connectivity index (χ1) is 10.8. The van der Waals surface area contributed by atoms with Gasteiger partial charge in [0.1, 0.15) is 19.0 Å². The molecule has 0 saturated heterocycles. The zero-order valence-corrected chi connectivity index (χ0v) is 12.4. The smallest absolute Gasteiger partial charge is 0.163 e. The maximum Gasteiger partial charge on any atom is 0.163 e. The van der Waals surface area contributed by atoms with Crippen LogP contribution in [-0.4, -0.2) is 22.8 Å². The summed E-state index contributed by atoms with van der Waals surface area (Å²) in [6.07, 6.45) is 0. The van der Waals surface area contributed by atoms with Crippen molar-refractivity contribution in [3.05, 3.63) is 36.4 Å². The summed E-state index contributed by atoms with van der Waals surface area (Å²) < 4.78 is 13.5. The van der Waals surface area contributed by atoms with Gasteiger partial charge >= 0.3 is 0 Å². The number of hydrogen-bond donors (Lipinski definition) is 1. The van der Waals surface area contributed by atoms with Gasteiger partial charge in [0.25, 0.3) is 0 Å². The maximum absolute atomic E-state index is 5.77. The van der Waals surface area contributed by atoms with Gasteiger partial charge < -0.3 is 19.8 Å². The lowest BCUT2D eigenvalue weighted by Crippen LogP contribution is -2.15. The lowest BCUT2D eigenvalue weighted by atomic mass is 10.2. The van der Waals surface area contributed by atoms with Gasteiger partial charge in [0.15, 0.2) is 11.5 Å². The molecular formula is C17H17N3O2.